The molecule has 3 nitrogen and oxygen atoms in total. The van der Waals surface area contributed by atoms with Crippen LogP contribution in [-0.2, 0) is 6.42 Å². The summed E-state index contributed by atoms with van der Waals surface area (Å²) < 4.78 is 1.24. The molecule has 4 aromatic rings. The predicted octanol–water partition coefficient (Wildman–Crippen LogP) is 6.59. The average Bonchev–Trinajstić information content (AvgIpc) is 2.66. The molecule has 0 atom stereocenters. The minimum atomic E-state index is -0.304. The number of fused-ring (bicyclic) bond motifs is 1. The molecule has 0 bridgehead atoms. The quantitative estimate of drug-likeness (QED) is 0.353. The second-order valence-electron chi connectivity index (χ2n) is 6.23. The first-order chi connectivity index (χ1) is 13.4. The fourth-order valence-electron chi connectivity index (χ4n) is 3.07. The van der Waals surface area contributed by atoms with Crippen molar-refractivity contribution in [3.05, 3.63) is 102 Å². The first kappa shape index (κ1) is 19.3. The summed E-state index contributed by atoms with van der Waals surface area (Å²) in [5, 5.41) is 7.45. The van der Waals surface area contributed by atoms with Gasteiger partial charge in [-0.05, 0) is 35.9 Å². The smallest absolute Gasteiger partial charge is 0.267 e. The zero-order chi connectivity index (χ0) is 19.8. The maximum Gasteiger partial charge on any atom is 0.279 e. The number of benzene rings is 3. The van der Waals surface area contributed by atoms with Gasteiger partial charge in [0.1, 0.15) is 5.69 Å². The topological polar surface area (TPSA) is 34.9 Å². The normalized spacial score (nSPS) is 11.1. The Morgan fingerprint density at radius 2 is 1.39 bits per heavy atom. The molecule has 0 unspecified atom stereocenters. The monoisotopic (exact) mass is 448 g/mol. The van der Waals surface area contributed by atoms with E-state index in [-0.39, 0.29) is 15.6 Å². The zero-order valence-corrected chi connectivity index (χ0v) is 17.3. The largest absolute Gasteiger partial charge is 0.279 e. The molecule has 0 saturated heterocycles. The molecule has 1 aromatic heterocycles. The van der Waals surface area contributed by atoms with Crippen molar-refractivity contribution < 1.29 is 0 Å². The predicted molar refractivity (Wildman–Crippen MR) is 117 cm³/mol. The number of nitrogens with zero attached hydrogens (tertiary/aromatic N) is 2. The van der Waals surface area contributed by atoms with Gasteiger partial charge in [-0.15, -0.1) is 0 Å². The molecular formula is C21H12Cl4N2O. The van der Waals surface area contributed by atoms with E-state index < -0.39 is 0 Å². The molecule has 0 aliphatic carbocycles. The Morgan fingerprint density at radius 3 is 2.04 bits per heavy atom. The molecular weight excluding hydrogens is 438 g/mol. The Labute approximate surface area is 181 Å². The van der Waals surface area contributed by atoms with Crippen LogP contribution in [0.4, 0.5) is 0 Å². The summed E-state index contributed by atoms with van der Waals surface area (Å²) in [5.41, 5.74) is 1.74. The third-order valence-corrected chi connectivity index (χ3v) is 5.41. The summed E-state index contributed by atoms with van der Waals surface area (Å²) in [5.74, 6) is 0. The van der Waals surface area contributed by atoms with Crippen LogP contribution in [0.3, 0.4) is 0 Å². The first-order valence-electron chi connectivity index (χ1n) is 8.34. The molecule has 7 heteroatoms. The minimum Gasteiger partial charge on any atom is -0.267 e. The van der Waals surface area contributed by atoms with E-state index in [0.29, 0.717) is 27.5 Å². The third-order valence-electron chi connectivity index (χ3n) is 4.36. The van der Waals surface area contributed by atoms with Crippen molar-refractivity contribution in [2.45, 2.75) is 6.42 Å². The lowest BCUT2D eigenvalue weighted by molar-refractivity contribution is 0.788. The van der Waals surface area contributed by atoms with Crippen molar-refractivity contribution >= 4 is 57.2 Å². The van der Waals surface area contributed by atoms with Gasteiger partial charge in [-0.3, -0.25) is 4.79 Å². The Hall–Kier alpha value is -2.04. The van der Waals surface area contributed by atoms with Crippen LogP contribution in [0.15, 0.2) is 65.5 Å². The molecule has 0 radical (unpaired) electrons. The Balaban J connectivity index is 1.97. The summed E-state index contributed by atoms with van der Waals surface area (Å²) in [4.78, 5) is 13.1. The van der Waals surface area contributed by atoms with E-state index in [0.717, 1.165) is 16.6 Å². The second-order valence-corrected chi connectivity index (χ2v) is 7.92. The van der Waals surface area contributed by atoms with Crippen molar-refractivity contribution in [3.8, 4) is 5.69 Å². The average molecular weight is 450 g/mol. The van der Waals surface area contributed by atoms with Crippen molar-refractivity contribution in [1.82, 2.24) is 9.78 Å². The van der Waals surface area contributed by atoms with Crippen LogP contribution in [0.1, 0.15) is 11.3 Å². The van der Waals surface area contributed by atoms with Gasteiger partial charge in [-0.25, -0.2) is 0 Å². The van der Waals surface area contributed by atoms with Crippen molar-refractivity contribution in [1.29, 1.82) is 0 Å². The van der Waals surface area contributed by atoms with Crippen LogP contribution in [-0.4, -0.2) is 9.78 Å². The number of aromatic nitrogens is 2. The molecule has 0 amide bonds. The Morgan fingerprint density at radius 1 is 0.786 bits per heavy atom. The van der Waals surface area contributed by atoms with E-state index in [1.165, 1.54) is 16.8 Å². The zero-order valence-electron chi connectivity index (χ0n) is 14.3. The highest BCUT2D eigenvalue weighted by Crippen LogP contribution is 2.31. The van der Waals surface area contributed by atoms with Gasteiger partial charge < -0.3 is 0 Å². The molecule has 0 aliphatic rings. The molecule has 0 fully saturated rings. The van der Waals surface area contributed by atoms with Crippen molar-refractivity contribution in [2.75, 3.05) is 0 Å². The van der Waals surface area contributed by atoms with Crippen LogP contribution in [0, 0.1) is 0 Å². The lowest BCUT2D eigenvalue weighted by atomic mass is 10.0. The molecule has 1 heterocycles. The minimum absolute atomic E-state index is 0.250. The molecule has 0 spiro atoms. The lowest BCUT2D eigenvalue weighted by Crippen LogP contribution is -2.24. The summed E-state index contributed by atoms with van der Waals surface area (Å²) in [7, 11) is 0. The number of rotatable bonds is 3. The van der Waals surface area contributed by atoms with Crippen LogP contribution in [0.25, 0.3) is 16.5 Å². The summed E-state index contributed by atoms with van der Waals surface area (Å²) in [6, 6.07) is 17.9. The second kappa shape index (κ2) is 7.76. The molecule has 140 valence electrons. The Kier molecular flexibility index (Phi) is 5.35. The van der Waals surface area contributed by atoms with Gasteiger partial charge in [-0.1, -0.05) is 76.7 Å². The number of hydrogen-bond acceptors (Lipinski definition) is 2. The maximum atomic E-state index is 13.1. The highest BCUT2D eigenvalue weighted by Gasteiger charge is 2.17. The summed E-state index contributed by atoms with van der Waals surface area (Å²) in [6.07, 6.45) is 0.515. The fourth-order valence-corrected chi connectivity index (χ4v) is 4.17. The molecule has 0 N–H and O–H groups in total. The molecule has 28 heavy (non-hydrogen) atoms. The standard InChI is InChI=1S/C21H12Cl4N2O/c22-13-7-5-12(6-8-13)9-19-15-3-1-2-4-16(15)21(28)27(26-19)20-17(24)10-14(23)11-18(20)25/h1-8,10-11H,9H2. The highest BCUT2D eigenvalue weighted by atomic mass is 35.5. The SMILES string of the molecule is O=c1c2ccccc2c(Cc2ccc(Cl)cc2)nn1-c1c(Cl)cc(Cl)cc1Cl. The van der Waals surface area contributed by atoms with Crippen LogP contribution in [0.2, 0.25) is 20.1 Å². The Bertz CT molecular complexity index is 1230. The van der Waals surface area contributed by atoms with E-state index in [1.807, 2.05) is 42.5 Å². The summed E-state index contributed by atoms with van der Waals surface area (Å²) in [6.45, 7) is 0. The fraction of sp³-hybridized carbons (Fsp3) is 0.0476. The molecule has 0 aliphatic heterocycles. The number of hydrogen-bond donors (Lipinski definition) is 0. The van der Waals surface area contributed by atoms with E-state index in [4.69, 9.17) is 46.4 Å². The first-order valence-corrected chi connectivity index (χ1v) is 9.85. The van der Waals surface area contributed by atoms with E-state index >= 15 is 0 Å². The van der Waals surface area contributed by atoms with Gasteiger partial charge in [-0.2, -0.15) is 9.78 Å². The van der Waals surface area contributed by atoms with E-state index in [9.17, 15) is 4.79 Å². The van der Waals surface area contributed by atoms with Crippen molar-refractivity contribution in [3.63, 3.8) is 0 Å². The van der Waals surface area contributed by atoms with Crippen molar-refractivity contribution in [2.24, 2.45) is 0 Å². The van der Waals surface area contributed by atoms with E-state index in [2.05, 4.69) is 5.10 Å². The van der Waals surface area contributed by atoms with Gasteiger partial charge >= 0.3 is 0 Å². The van der Waals surface area contributed by atoms with Gasteiger partial charge in [0.05, 0.1) is 21.1 Å². The highest BCUT2D eigenvalue weighted by molar-refractivity contribution is 6.40. The molecule has 4 rings (SSSR count). The van der Waals surface area contributed by atoms with Gasteiger partial charge in [0, 0.05) is 21.9 Å². The molecule has 3 aromatic carbocycles. The van der Waals surface area contributed by atoms with Gasteiger partial charge in [0.15, 0.2) is 0 Å². The van der Waals surface area contributed by atoms with Gasteiger partial charge in [0.25, 0.3) is 5.56 Å². The van der Waals surface area contributed by atoms with Crippen LogP contribution >= 0.6 is 46.4 Å². The molecule has 0 saturated carbocycles. The number of halogens is 4. The van der Waals surface area contributed by atoms with Crippen LogP contribution in [0.5, 0.6) is 0 Å². The van der Waals surface area contributed by atoms with E-state index in [1.54, 1.807) is 6.07 Å². The van der Waals surface area contributed by atoms with Crippen LogP contribution < -0.4 is 5.56 Å². The maximum absolute atomic E-state index is 13.1. The lowest BCUT2D eigenvalue weighted by Gasteiger charge is -2.14. The summed E-state index contributed by atoms with van der Waals surface area (Å²) >= 11 is 24.7. The third kappa shape index (κ3) is 3.63. The van der Waals surface area contributed by atoms with Gasteiger partial charge in [0.2, 0.25) is 0 Å².